The summed E-state index contributed by atoms with van der Waals surface area (Å²) in [5.74, 6) is -0.114. The zero-order valence-electron chi connectivity index (χ0n) is 21.1. The maximum atomic E-state index is 11.3. The first-order chi connectivity index (χ1) is 15.6. The minimum Gasteiger partial charge on any atom is -0.466 e. The van der Waals surface area contributed by atoms with Gasteiger partial charge in [0.05, 0.1) is 7.11 Å². The van der Waals surface area contributed by atoms with Crippen molar-refractivity contribution < 1.29 is 14.0 Å². The zero-order valence-corrected chi connectivity index (χ0v) is 22.1. The van der Waals surface area contributed by atoms with Gasteiger partial charge >= 0.3 is 5.97 Å². The lowest BCUT2D eigenvalue weighted by molar-refractivity contribution is -0.134. The van der Waals surface area contributed by atoms with E-state index in [2.05, 4.69) is 112 Å². The number of hydrogen-bond acceptors (Lipinski definition) is 3. The van der Waals surface area contributed by atoms with Gasteiger partial charge in [0.25, 0.3) is 8.32 Å². The van der Waals surface area contributed by atoms with Crippen molar-refractivity contribution in [2.45, 2.75) is 46.6 Å². The number of esters is 1. The van der Waals surface area contributed by atoms with Crippen LogP contribution in [0.1, 0.15) is 41.5 Å². The van der Waals surface area contributed by atoms with Crippen LogP contribution in [0.5, 0.6) is 0 Å². The van der Waals surface area contributed by atoms with E-state index in [1.165, 1.54) is 23.6 Å². The summed E-state index contributed by atoms with van der Waals surface area (Å²) >= 11 is 0. The van der Waals surface area contributed by atoms with Crippen molar-refractivity contribution in [3.8, 4) is 0 Å². The van der Waals surface area contributed by atoms with Crippen LogP contribution in [0.3, 0.4) is 0 Å². The summed E-state index contributed by atoms with van der Waals surface area (Å²) in [6, 6.07) is 21.4. The van der Waals surface area contributed by atoms with Gasteiger partial charge < -0.3 is 9.16 Å². The van der Waals surface area contributed by atoms with E-state index >= 15 is 0 Å². The number of carbonyl (C=O) groups excluding carboxylic acids is 1. The fraction of sp³-hybridized carbons (Fsp3) is 0.345. The Kier molecular flexibility index (Phi) is 9.63. The van der Waals surface area contributed by atoms with Crippen LogP contribution in [0.15, 0.2) is 96.1 Å². The second-order valence-corrected chi connectivity index (χ2v) is 13.9. The molecule has 3 nitrogen and oxygen atoms in total. The molecule has 0 aromatic heterocycles. The van der Waals surface area contributed by atoms with E-state index in [-0.39, 0.29) is 16.9 Å². The molecule has 0 fully saturated rings. The molecule has 0 unspecified atom stereocenters. The number of ether oxygens (including phenoxy) is 1. The molecule has 0 aliphatic rings. The van der Waals surface area contributed by atoms with Crippen LogP contribution in [-0.4, -0.2) is 28.0 Å². The predicted octanol–water partition coefficient (Wildman–Crippen LogP) is 5.82. The number of allylic oxidation sites excluding steroid dienone is 4. The molecule has 33 heavy (non-hydrogen) atoms. The Morgan fingerprint density at radius 1 is 0.909 bits per heavy atom. The standard InChI is InChI=1S/C29H38O3Si/c1-23(18-19-28(30)31-7)20-24(2)21-25(3)22-32-33(29(4,5)6,26-14-10-8-11-15-26)27-16-12-9-13-17-27/h8-21,25H,22H2,1-7H3/b19-18+,23-20+,24-21-/t25-/m0/s1. The van der Waals surface area contributed by atoms with E-state index in [0.29, 0.717) is 6.61 Å². The maximum absolute atomic E-state index is 11.3. The van der Waals surface area contributed by atoms with Gasteiger partial charge in [-0.2, -0.15) is 0 Å². The number of benzene rings is 2. The van der Waals surface area contributed by atoms with E-state index in [0.717, 1.165) is 11.1 Å². The Morgan fingerprint density at radius 3 is 1.88 bits per heavy atom. The van der Waals surface area contributed by atoms with Gasteiger partial charge in [-0.1, -0.05) is 118 Å². The highest BCUT2D eigenvalue weighted by molar-refractivity contribution is 6.99. The third-order valence-electron chi connectivity index (χ3n) is 5.67. The van der Waals surface area contributed by atoms with E-state index < -0.39 is 8.32 Å². The van der Waals surface area contributed by atoms with Gasteiger partial charge in [-0.3, -0.25) is 0 Å². The number of rotatable bonds is 9. The molecule has 0 heterocycles. The van der Waals surface area contributed by atoms with E-state index in [1.807, 2.05) is 6.92 Å². The number of hydrogen-bond donors (Lipinski definition) is 0. The van der Waals surface area contributed by atoms with E-state index in [1.54, 1.807) is 6.08 Å². The van der Waals surface area contributed by atoms with Crippen molar-refractivity contribution in [3.63, 3.8) is 0 Å². The van der Waals surface area contributed by atoms with Gasteiger partial charge in [0, 0.05) is 12.7 Å². The van der Waals surface area contributed by atoms with Gasteiger partial charge in [-0.25, -0.2) is 4.79 Å². The number of carbonyl (C=O) groups is 1. The first-order valence-electron chi connectivity index (χ1n) is 11.5. The highest BCUT2D eigenvalue weighted by Crippen LogP contribution is 2.37. The molecule has 0 aliphatic heterocycles. The Labute approximate surface area is 201 Å². The average molecular weight is 463 g/mol. The van der Waals surface area contributed by atoms with Crippen LogP contribution >= 0.6 is 0 Å². The summed E-state index contributed by atoms with van der Waals surface area (Å²) in [6.07, 6.45) is 7.51. The minimum absolute atomic E-state index is 0.0383. The topological polar surface area (TPSA) is 35.5 Å². The van der Waals surface area contributed by atoms with Crippen LogP contribution in [0.25, 0.3) is 0 Å². The Morgan fingerprint density at radius 2 is 1.42 bits per heavy atom. The first-order valence-corrected chi connectivity index (χ1v) is 13.4. The predicted molar refractivity (Wildman–Crippen MR) is 141 cm³/mol. The Balaban J connectivity index is 2.32. The average Bonchev–Trinajstić information content (AvgIpc) is 2.78. The molecule has 1 atom stereocenters. The summed E-state index contributed by atoms with van der Waals surface area (Å²) in [5.41, 5.74) is 2.13. The molecule has 0 bridgehead atoms. The second-order valence-electron chi connectivity index (χ2n) is 9.61. The van der Waals surface area contributed by atoms with Crippen LogP contribution in [-0.2, 0) is 14.0 Å². The quantitative estimate of drug-likeness (QED) is 0.204. The Bertz CT molecular complexity index is 943. The summed E-state index contributed by atoms with van der Waals surface area (Å²) in [7, 11) is -1.15. The minimum atomic E-state index is -2.53. The zero-order chi connectivity index (χ0) is 24.5. The molecule has 0 amide bonds. The molecule has 176 valence electrons. The molecule has 2 aromatic carbocycles. The van der Waals surface area contributed by atoms with Gasteiger partial charge in [-0.05, 0) is 35.2 Å². The molecule has 2 aromatic rings. The maximum Gasteiger partial charge on any atom is 0.330 e. The monoisotopic (exact) mass is 462 g/mol. The molecule has 0 spiro atoms. The van der Waals surface area contributed by atoms with Crippen molar-refractivity contribution in [1.82, 2.24) is 0 Å². The summed E-state index contributed by atoms with van der Waals surface area (Å²) in [4.78, 5) is 11.3. The van der Waals surface area contributed by atoms with Gasteiger partial charge in [0.1, 0.15) is 0 Å². The van der Waals surface area contributed by atoms with E-state index in [9.17, 15) is 4.79 Å². The summed E-state index contributed by atoms with van der Waals surface area (Å²) < 4.78 is 11.7. The van der Waals surface area contributed by atoms with Crippen LogP contribution in [0.4, 0.5) is 0 Å². The van der Waals surface area contributed by atoms with Crippen LogP contribution < -0.4 is 10.4 Å². The van der Waals surface area contributed by atoms with Crippen LogP contribution in [0.2, 0.25) is 5.04 Å². The highest BCUT2D eigenvalue weighted by Gasteiger charge is 2.50. The molecule has 0 N–H and O–H groups in total. The smallest absolute Gasteiger partial charge is 0.330 e. The molecular weight excluding hydrogens is 424 g/mol. The van der Waals surface area contributed by atoms with Crippen molar-refractivity contribution in [1.29, 1.82) is 0 Å². The molecule has 0 saturated carbocycles. The lowest BCUT2D eigenvalue weighted by Crippen LogP contribution is -2.66. The summed E-state index contributed by atoms with van der Waals surface area (Å²) in [5, 5.41) is 2.55. The highest BCUT2D eigenvalue weighted by atomic mass is 28.4. The van der Waals surface area contributed by atoms with Crippen LogP contribution in [0, 0.1) is 5.92 Å². The van der Waals surface area contributed by atoms with Crippen molar-refractivity contribution in [2.75, 3.05) is 13.7 Å². The van der Waals surface area contributed by atoms with Gasteiger partial charge in [0.15, 0.2) is 0 Å². The van der Waals surface area contributed by atoms with Crippen molar-refractivity contribution in [2.24, 2.45) is 5.92 Å². The fourth-order valence-corrected chi connectivity index (χ4v) is 8.91. The lowest BCUT2D eigenvalue weighted by Gasteiger charge is -2.43. The van der Waals surface area contributed by atoms with E-state index in [4.69, 9.17) is 4.43 Å². The molecular formula is C29H38O3Si. The lowest BCUT2D eigenvalue weighted by atomic mass is 10.1. The SMILES string of the molecule is COC(=O)/C=C/C(C)=C/C(C)=C\[C@H](C)CO[Si](c1ccccc1)(c1ccccc1)C(C)(C)C. The Hall–Kier alpha value is -2.69. The molecule has 0 radical (unpaired) electrons. The molecule has 0 aliphatic carbocycles. The normalized spacial score (nSPS) is 14.4. The molecule has 2 rings (SSSR count). The van der Waals surface area contributed by atoms with Crippen molar-refractivity contribution in [3.05, 3.63) is 96.1 Å². The second kappa shape index (κ2) is 12.0. The van der Waals surface area contributed by atoms with Crippen molar-refractivity contribution >= 4 is 24.7 Å². The number of methoxy groups -OCH3 is 1. The third kappa shape index (κ3) is 7.14. The fourth-order valence-electron chi connectivity index (χ4n) is 4.24. The van der Waals surface area contributed by atoms with Gasteiger partial charge in [-0.15, -0.1) is 0 Å². The molecule has 4 heteroatoms. The third-order valence-corrected chi connectivity index (χ3v) is 10.7. The summed E-state index contributed by atoms with van der Waals surface area (Å²) in [6.45, 7) is 13.8. The first kappa shape index (κ1) is 26.6. The largest absolute Gasteiger partial charge is 0.466 e. The molecule has 0 saturated heterocycles. The van der Waals surface area contributed by atoms with Gasteiger partial charge in [0.2, 0.25) is 0 Å².